The summed E-state index contributed by atoms with van der Waals surface area (Å²) in [5, 5.41) is 5.70. The molecule has 6 nitrogen and oxygen atoms in total. The van der Waals surface area contributed by atoms with E-state index in [1.165, 1.54) is 26.2 Å². The minimum atomic E-state index is -0.375. The van der Waals surface area contributed by atoms with Gasteiger partial charge in [0.15, 0.2) is 0 Å². The van der Waals surface area contributed by atoms with Gasteiger partial charge in [0.1, 0.15) is 6.04 Å². The first-order valence-electron chi connectivity index (χ1n) is 11.4. The molecule has 160 valence electrons. The van der Waals surface area contributed by atoms with E-state index in [4.69, 9.17) is 0 Å². The van der Waals surface area contributed by atoms with Crippen LogP contribution >= 0.6 is 0 Å². The fraction of sp³-hybridized carbons (Fsp3) is 0.625. The predicted molar refractivity (Wildman–Crippen MR) is 115 cm³/mol. The van der Waals surface area contributed by atoms with Gasteiger partial charge in [0.05, 0.1) is 5.41 Å². The zero-order valence-corrected chi connectivity index (χ0v) is 17.7. The van der Waals surface area contributed by atoms with Gasteiger partial charge >= 0.3 is 0 Å². The van der Waals surface area contributed by atoms with E-state index in [1.54, 1.807) is 24.3 Å². The molecular formula is C24H31N3O3. The Morgan fingerprint density at radius 3 is 1.97 bits per heavy atom. The molecule has 1 heterocycles. The Bertz CT molecular complexity index is 828. The van der Waals surface area contributed by atoms with Gasteiger partial charge in [-0.25, -0.2) is 0 Å². The molecule has 1 aliphatic heterocycles. The van der Waals surface area contributed by atoms with Crippen LogP contribution in [0.3, 0.4) is 0 Å². The highest BCUT2D eigenvalue weighted by molar-refractivity contribution is 5.98. The highest BCUT2D eigenvalue weighted by Gasteiger charge is 2.56. The molecule has 4 aliphatic carbocycles. The van der Waals surface area contributed by atoms with Gasteiger partial charge in [-0.2, -0.15) is 0 Å². The molecule has 6 heteroatoms. The third-order valence-corrected chi connectivity index (χ3v) is 7.78. The van der Waals surface area contributed by atoms with Crippen molar-refractivity contribution in [1.82, 2.24) is 4.90 Å². The van der Waals surface area contributed by atoms with Crippen LogP contribution < -0.4 is 10.6 Å². The number of carbonyl (C=O) groups is 3. The Morgan fingerprint density at radius 1 is 0.900 bits per heavy atom. The van der Waals surface area contributed by atoms with Crippen LogP contribution in [0, 0.1) is 23.2 Å². The lowest BCUT2D eigenvalue weighted by Gasteiger charge is -2.56. The van der Waals surface area contributed by atoms with E-state index in [1.807, 2.05) is 4.90 Å². The number of rotatable bonds is 4. The molecule has 6 rings (SSSR count). The van der Waals surface area contributed by atoms with E-state index >= 15 is 0 Å². The van der Waals surface area contributed by atoms with Gasteiger partial charge in [-0.15, -0.1) is 0 Å². The van der Waals surface area contributed by atoms with Crippen molar-refractivity contribution in [2.24, 2.45) is 23.2 Å². The summed E-state index contributed by atoms with van der Waals surface area (Å²) < 4.78 is 0. The van der Waals surface area contributed by atoms with Gasteiger partial charge in [0.2, 0.25) is 17.7 Å². The number of benzene rings is 1. The largest absolute Gasteiger partial charge is 0.330 e. The lowest BCUT2D eigenvalue weighted by atomic mass is 9.49. The van der Waals surface area contributed by atoms with Crippen LogP contribution in [0.5, 0.6) is 0 Å². The lowest BCUT2D eigenvalue weighted by Crippen LogP contribution is -2.56. The number of hydrogen-bond acceptors (Lipinski definition) is 3. The van der Waals surface area contributed by atoms with E-state index in [-0.39, 0.29) is 29.2 Å². The van der Waals surface area contributed by atoms with Crippen molar-refractivity contribution in [3.05, 3.63) is 24.3 Å². The molecule has 5 aliphatic rings. The van der Waals surface area contributed by atoms with E-state index in [9.17, 15) is 14.4 Å². The van der Waals surface area contributed by atoms with Crippen LogP contribution in [0.2, 0.25) is 0 Å². The van der Waals surface area contributed by atoms with E-state index in [0.29, 0.717) is 17.9 Å². The zero-order chi connectivity index (χ0) is 20.9. The molecule has 30 heavy (non-hydrogen) atoms. The van der Waals surface area contributed by atoms with Gasteiger partial charge in [-0.05, 0) is 93.4 Å². The second kappa shape index (κ2) is 7.40. The quantitative estimate of drug-likeness (QED) is 0.794. The monoisotopic (exact) mass is 409 g/mol. The summed E-state index contributed by atoms with van der Waals surface area (Å²) in [5.41, 5.74) is 1.18. The molecule has 1 atom stereocenters. The van der Waals surface area contributed by atoms with E-state index in [2.05, 4.69) is 10.6 Å². The van der Waals surface area contributed by atoms with Crippen LogP contribution in [0.25, 0.3) is 0 Å². The van der Waals surface area contributed by atoms with Crippen LogP contribution in [0.15, 0.2) is 24.3 Å². The number of nitrogens with one attached hydrogen (secondary N) is 2. The number of amides is 3. The average molecular weight is 410 g/mol. The number of anilines is 2. The second-order valence-electron chi connectivity index (χ2n) is 10.1. The molecule has 4 bridgehead atoms. The smallest absolute Gasteiger partial charge is 0.247 e. The molecule has 0 radical (unpaired) electrons. The molecule has 1 unspecified atom stereocenters. The predicted octanol–water partition coefficient (Wildman–Crippen LogP) is 3.79. The molecule has 1 aromatic rings. The molecule has 3 amide bonds. The lowest BCUT2D eigenvalue weighted by molar-refractivity contribution is -0.160. The van der Waals surface area contributed by atoms with Crippen LogP contribution in [-0.4, -0.2) is 35.2 Å². The summed E-state index contributed by atoms with van der Waals surface area (Å²) in [6.45, 7) is 2.16. The molecule has 2 N–H and O–H groups in total. The molecular weight excluding hydrogens is 378 g/mol. The highest BCUT2D eigenvalue weighted by Crippen LogP contribution is 2.60. The number of carbonyl (C=O) groups excluding carboxylic acids is 3. The van der Waals surface area contributed by atoms with Gasteiger partial charge in [-0.3, -0.25) is 14.4 Å². The van der Waals surface area contributed by atoms with Crippen molar-refractivity contribution in [2.75, 3.05) is 17.2 Å². The third-order valence-electron chi connectivity index (χ3n) is 7.78. The van der Waals surface area contributed by atoms with Gasteiger partial charge in [-0.1, -0.05) is 0 Å². The molecule has 4 saturated carbocycles. The van der Waals surface area contributed by atoms with Crippen LogP contribution in [0.4, 0.5) is 11.4 Å². The van der Waals surface area contributed by atoms with Gasteiger partial charge in [0, 0.05) is 24.8 Å². The Labute approximate surface area is 177 Å². The van der Waals surface area contributed by atoms with E-state index in [0.717, 1.165) is 49.9 Å². The van der Waals surface area contributed by atoms with E-state index < -0.39 is 0 Å². The Morgan fingerprint density at radius 2 is 1.43 bits per heavy atom. The van der Waals surface area contributed by atoms with Crippen LogP contribution in [0.1, 0.15) is 58.3 Å². The minimum absolute atomic E-state index is 0.0992. The number of nitrogens with zero attached hydrogens (tertiary/aromatic N) is 1. The molecule has 1 saturated heterocycles. The standard InChI is InChI=1S/C24H31N3O3/c1-15(28)25-19-4-6-20(7-5-19)26-22(29)21-3-2-8-27(21)23(30)24-12-16-9-17(13-24)11-18(10-16)14-24/h4-7,16-18,21H,2-3,8-14H2,1H3,(H,25,28)(H,26,29). The first-order valence-corrected chi connectivity index (χ1v) is 11.4. The molecule has 1 aromatic carbocycles. The fourth-order valence-corrected chi connectivity index (χ4v) is 7.03. The summed E-state index contributed by atoms with van der Waals surface area (Å²) in [5.74, 6) is 2.18. The summed E-state index contributed by atoms with van der Waals surface area (Å²) in [4.78, 5) is 39.8. The van der Waals surface area contributed by atoms with Crippen molar-refractivity contribution in [1.29, 1.82) is 0 Å². The van der Waals surface area contributed by atoms with Crippen molar-refractivity contribution >= 4 is 29.1 Å². The topological polar surface area (TPSA) is 78.5 Å². The Balaban J connectivity index is 1.27. The Hall–Kier alpha value is -2.37. The first kappa shape index (κ1) is 19.6. The maximum absolute atomic E-state index is 13.7. The van der Waals surface area contributed by atoms with Crippen molar-refractivity contribution < 1.29 is 14.4 Å². The maximum Gasteiger partial charge on any atom is 0.247 e. The second-order valence-corrected chi connectivity index (χ2v) is 10.1. The molecule has 0 aromatic heterocycles. The Kier molecular flexibility index (Phi) is 4.83. The van der Waals surface area contributed by atoms with Gasteiger partial charge in [0.25, 0.3) is 0 Å². The number of likely N-dealkylation sites (tertiary alicyclic amines) is 1. The molecule has 0 spiro atoms. The minimum Gasteiger partial charge on any atom is -0.330 e. The fourth-order valence-electron chi connectivity index (χ4n) is 7.03. The summed E-state index contributed by atoms with van der Waals surface area (Å²) in [7, 11) is 0. The van der Waals surface area contributed by atoms with Gasteiger partial charge < -0.3 is 15.5 Å². The summed E-state index contributed by atoms with van der Waals surface area (Å²) >= 11 is 0. The average Bonchev–Trinajstić information content (AvgIpc) is 3.17. The van der Waals surface area contributed by atoms with Crippen molar-refractivity contribution in [3.8, 4) is 0 Å². The SMILES string of the molecule is CC(=O)Nc1ccc(NC(=O)C2CCCN2C(=O)C23CC4CC(CC(C4)C2)C3)cc1. The third kappa shape index (κ3) is 3.50. The summed E-state index contributed by atoms with van der Waals surface area (Å²) in [6.07, 6.45) is 8.65. The van der Waals surface area contributed by atoms with Crippen molar-refractivity contribution in [3.63, 3.8) is 0 Å². The number of hydrogen-bond donors (Lipinski definition) is 2. The zero-order valence-electron chi connectivity index (χ0n) is 17.7. The highest BCUT2D eigenvalue weighted by atomic mass is 16.2. The normalized spacial score (nSPS) is 34.1. The summed E-state index contributed by atoms with van der Waals surface area (Å²) in [6, 6.07) is 6.72. The molecule has 5 fully saturated rings. The van der Waals surface area contributed by atoms with Crippen LogP contribution in [-0.2, 0) is 14.4 Å². The first-order chi connectivity index (χ1) is 14.4. The maximum atomic E-state index is 13.7. The van der Waals surface area contributed by atoms with Crippen molar-refractivity contribution in [2.45, 2.75) is 64.3 Å².